The molecule has 0 aliphatic carbocycles. The Morgan fingerprint density at radius 2 is 2.04 bits per heavy atom. The molecular weight excluding hydrogens is 300 g/mol. The molecule has 3 aromatic rings. The molecule has 2 aromatic carbocycles. The average Bonchev–Trinajstić information content (AvgIpc) is 3.08. The van der Waals surface area contributed by atoms with Gasteiger partial charge in [-0.15, -0.1) is 0 Å². The number of aryl methyl sites for hydroxylation is 1. The third-order valence-electron chi connectivity index (χ3n) is 4.01. The highest BCUT2D eigenvalue weighted by Gasteiger charge is 2.06. The quantitative estimate of drug-likeness (QED) is 0.695. The van der Waals surface area contributed by atoms with Crippen LogP contribution < -0.4 is 10.1 Å². The molecule has 0 aliphatic rings. The molecule has 0 bridgehead atoms. The van der Waals surface area contributed by atoms with Crippen molar-refractivity contribution in [2.45, 2.75) is 26.3 Å². The number of ether oxygens (including phenoxy) is 1. The van der Waals surface area contributed by atoms with Gasteiger partial charge in [0.05, 0.1) is 6.61 Å². The summed E-state index contributed by atoms with van der Waals surface area (Å²) in [5.41, 5.74) is 3.35. The molecule has 0 aliphatic heterocycles. The van der Waals surface area contributed by atoms with Crippen LogP contribution in [0.1, 0.15) is 24.5 Å². The van der Waals surface area contributed by atoms with E-state index in [1.165, 1.54) is 10.9 Å². The van der Waals surface area contributed by atoms with Gasteiger partial charge in [-0.2, -0.15) is 0 Å². The van der Waals surface area contributed by atoms with Crippen LogP contribution in [0, 0.1) is 0 Å². The van der Waals surface area contributed by atoms with Gasteiger partial charge in [-0.3, -0.25) is 4.79 Å². The van der Waals surface area contributed by atoms with Crippen LogP contribution in [-0.2, 0) is 17.8 Å². The van der Waals surface area contributed by atoms with Crippen LogP contribution in [0.15, 0.2) is 54.7 Å². The molecule has 24 heavy (non-hydrogen) atoms. The number of carbonyl (C=O) groups is 1. The number of nitrogens with one attached hydrogen (secondary N) is 2. The van der Waals surface area contributed by atoms with E-state index in [0.29, 0.717) is 19.6 Å². The van der Waals surface area contributed by atoms with Crippen LogP contribution >= 0.6 is 0 Å². The number of hydrogen-bond donors (Lipinski definition) is 2. The van der Waals surface area contributed by atoms with Gasteiger partial charge in [-0.25, -0.2) is 0 Å². The first-order chi connectivity index (χ1) is 11.8. The lowest BCUT2D eigenvalue weighted by molar-refractivity contribution is -0.121. The smallest absolute Gasteiger partial charge is 0.220 e. The third kappa shape index (κ3) is 3.96. The maximum absolute atomic E-state index is 12.1. The van der Waals surface area contributed by atoms with Crippen LogP contribution in [0.2, 0.25) is 0 Å². The summed E-state index contributed by atoms with van der Waals surface area (Å²) in [5, 5.41) is 4.17. The van der Waals surface area contributed by atoms with Gasteiger partial charge < -0.3 is 15.0 Å². The second-order valence-corrected chi connectivity index (χ2v) is 5.71. The number of H-pyrrole nitrogens is 1. The van der Waals surface area contributed by atoms with Gasteiger partial charge >= 0.3 is 0 Å². The molecule has 4 nitrogen and oxygen atoms in total. The van der Waals surface area contributed by atoms with E-state index in [4.69, 9.17) is 4.74 Å². The Kier molecular flexibility index (Phi) is 5.16. The maximum atomic E-state index is 12.1. The van der Waals surface area contributed by atoms with Crippen molar-refractivity contribution in [1.29, 1.82) is 0 Å². The van der Waals surface area contributed by atoms with Crippen LogP contribution in [0.25, 0.3) is 10.9 Å². The van der Waals surface area contributed by atoms with Crippen molar-refractivity contribution in [2.24, 2.45) is 0 Å². The monoisotopic (exact) mass is 322 g/mol. The minimum absolute atomic E-state index is 0.0596. The first-order valence-electron chi connectivity index (χ1n) is 8.29. The fourth-order valence-corrected chi connectivity index (χ4v) is 2.82. The highest BCUT2D eigenvalue weighted by atomic mass is 16.5. The predicted molar refractivity (Wildman–Crippen MR) is 96.1 cm³/mol. The molecule has 4 heteroatoms. The van der Waals surface area contributed by atoms with E-state index in [2.05, 4.69) is 22.4 Å². The number of hydrogen-bond acceptors (Lipinski definition) is 2. The van der Waals surface area contributed by atoms with E-state index < -0.39 is 0 Å². The number of carbonyl (C=O) groups excluding carboxylic acids is 1. The minimum Gasteiger partial charge on any atom is -0.494 e. The van der Waals surface area contributed by atoms with Gasteiger partial charge in [0, 0.05) is 30.1 Å². The summed E-state index contributed by atoms with van der Waals surface area (Å²) >= 11 is 0. The van der Waals surface area contributed by atoms with Crippen molar-refractivity contribution in [2.75, 3.05) is 6.61 Å². The van der Waals surface area contributed by atoms with Crippen molar-refractivity contribution in [3.05, 3.63) is 65.9 Å². The second-order valence-electron chi connectivity index (χ2n) is 5.71. The highest BCUT2D eigenvalue weighted by molar-refractivity contribution is 5.84. The molecule has 1 heterocycles. The van der Waals surface area contributed by atoms with Gasteiger partial charge in [-0.05, 0) is 48.7 Å². The van der Waals surface area contributed by atoms with Gasteiger partial charge in [0.2, 0.25) is 5.91 Å². The van der Waals surface area contributed by atoms with Gasteiger partial charge in [0.1, 0.15) is 5.75 Å². The minimum atomic E-state index is 0.0596. The molecule has 0 unspecified atom stereocenters. The summed E-state index contributed by atoms with van der Waals surface area (Å²) in [5.74, 6) is 0.896. The van der Waals surface area contributed by atoms with E-state index in [9.17, 15) is 4.79 Å². The van der Waals surface area contributed by atoms with Crippen molar-refractivity contribution in [3.63, 3.8) is 0 Å². The Labute approximate surface area is 141 Å². The first kappa shape index (κ1) is 16.1. The Morgan fingerprint density at radius 3 is 2.92 bits per heavy atom. The molecule has 0 saturated heterocycles. The summed E-state index contributed by atoms with van der Waals surface area (Å²) in [7, 11) is 0. The zero-order valence-electron chi connectivity index (χ0n) is 13.8. The molecule has 0 saturated carbocycles. The lowest BCUT2D eigenvalue weighted by atomic mass is 10.1. The van der Waals surface area contributed by atoms with Crippen LogP contribution in [0.3, 0.4) is 0 Å². The highest BCUT2D eigenvalue weighted by Crippen LogP contribution is 2.18. The van der Waals surface area contributed by atoms with Crippen LogP contribution in [-0.4, -0.2) is 17.5 Å². The normalized spacial score (nSPS) is 10.7. The van der Waals surface area contributed by atoms with Crippen molar-refractivity contribution in [3.8, 4) is 5.75 Å². The predicted octanol–water partition coefficient (Wildman–Crippen LogP) is 3.82. The fraction of sp³-hybridized carbons (Fsp3) is 0.250. The molecule has 0 radical (unpaired) electrons. The summed E-state index contributed by atoms with van der Waals surface area (Å²) in [6, 6.07) is 16.0. The molecule has 124 valence electrons. The standard InChI is InChI=1S/C20H22N2O2/c1-2-24-17-7-3-5-15(13-17)14-22-20(23)10-9-16-6-4-8-19-18(16)11-12-21-19/h3-8,11-13,21H,2,9-10,14H2,1H3,(H,22,23). The molecule has 2 N–H and O–H groups in total. The summed E-state index contributed by atoms with van der Waals surface area (Å²) in [6.45, 7) is 3.12. The van der Waals surface area contributed by atoms with Gasteiger partial charge in [-0.1, -0.05) is 24.3 Å². The molecule has 1 aromatic heterocycles. The maximum Gasteiger partial charge on any atom is 0.220 e. The lowest BCUT2D eigenvalue weighted by Crippen LogP contribution is -2.23. The molecule has 1 amide bonds. The molecular formula is C20H22N2O2. The van der Waals surface area contributed by atoms with Crippen LogP contribution in [0.4, 0.5) is 0 Å². The number of aromatic nitrogens is 1. The lowest BCUT2D eigenvalue weighted by Gasteiger charge is -2.08. The van der Waals surface area contributed by atoms with Crippen molar-refractivity contribution in [1.82, 2.24) is 10.3 Å². The molecule has 0 spiro atoms. The Morgan fingerprint density at radius 1 is 1.17 bits per heavy atom. The van der Waals surface area contributed by atoms with Crippen molar-refractivity contribution >= 4 is 16.8 Å². The van der Waals surface area contributed by atoms with E-state index >= 15 is 0 Å². The van der Waals surface area contributed by atoms with Gasteiger partial charge in [0.25, 0.3) is 0 Å². The average molecular weight is 322 g/mol. The summed E-state index contributed by atoms with van der Waals surface area (Å²) < 4.78 is 5.48. The number of fused-ring (bicyclic) bond motifs is 1. The summed E-state index contributed by atoms with van der Waals surface area (Å²) in [4.78, 5) is 15.3. The molecule has 0 atom stereocenters. The number of aromatic amines is 1. The van der Waals surface area contributed by atoms with Crippen molar-refractivity contribution < 1.29 is 9.53 Å². The fourth-order valence-electron chi connectivity index (χ4n) is 2.82. The molecule has 3 rings (SSSR count). The Bertz CT molecular complexity index is 823. The number of rotatable bonds is 7. The van der Waals surface area contributed by atoms with Gasteiger partial charge in [0.15, 0.2) is 0 Å². The Hall–Kier alpha value is -2.75. The van der Waals surface area contributed by atoms with E-state index in [1.54, 1.807) is 0 Å². The zero-order chi connectivity index (χ0) is 16.8. The topological polar surface area (TPSA) is 54.1 Å². The van der Waals surface area contributed by atoms with E-state index in [1.807, 2.05) is 49.5 Å². The molecule has 0 fully saturated rings. The number of amides is 1. The number of benzene rings is 2. The summed E-state index contributed by atoms with van der Waals surface area (Å²) in [6.07, 6.45) is 3.15. The van der Waals surface area contributed by atoms with E-state index in [0.717, 1.165) is 23.3 Å². The first-order valence-corrected chi connectivity index (χ1v) is 8.29. The SMILES string of the molecule is CCOc1cccc(CNC(=O)CCc2cccc3[nH]ccc23)c1. The zero-order valence-corrected chi connectivity index (χ0v) is 13.8. The second kappa shape index (κ2) is 7.68. The largest absolute Gasteiger partial charge is 0.494 e. The van der Waals surface area contributed by atoms with E-state index in [-0.39, 0.29) is 5.91 Å². The third-order valence-corrected chi connectivity index (χ3v) is 4.01. The Balaban J connectivity index is 1.53. The van der Waals surface area contributed by atoms with Crippen LogP contribution in [0.5, 0.6) is 5.75 Å².